The number of hydrogen-bond donors (Lipinski definition) is 1. The maximum Gasteiger partial charge on any atom is 0.242 e. The molecule has 1 unspecified atom stereocenters. The van der Waals surface area contributed by atoms with Crippen molar-refractivity contribution >= 4 is 11.6 Å². The van der Waals surface area contributed by atoms with Gasteiger partial charge in [-0.25, -0.2) is 4.39 Å². The molecule has 1 aromatic rings. The van der Waals surface area contributed by atoms with Crippen molar-refractivity contribution in [3.63, 3.8) is 0 Å². The maximum atomic E-state index is 12.9. The van der Waals surface area contributed by atoms with Gasteiger partial charge < -0.3 is 15.1 Å². The summed E-state index contributed by atoms with van der Waals surface area (Å²) in [5.41, 5.74) is 0.900. The quantitative estimate of drug-likeness (QED) is 0.885. The number of benzene rings is 1. The lowest BCUT2D eigenvalue weighted by Gasteiger charge is -2.40. The molecule has 19 heavy (non-hydrogen) atoms. The molecule has 1 fully saturated rings. The molecule has 1 aromatic carbocycles. The molecule has 0 spiro atoms. The van der Waals surface area contributed by atoms with E-state index in [1.807, 2.05) is 23.9 Å². The van der Waals surface area contributed by atoms with E-state index in [2.05, 4.69) is 5.32 Å². The Morgan fingerprint density at radius 2 is 2.05 bits per heavy atom. The number of piperazine rings is 1. The summed E-state index contributed by atoms with van der Waals surface area (Å²) in [7, 11) is 3.76. The van der Waals surface area contributed by atoms with E-state index in [1.54, 1.807) is 12.1 Å². The van der Waals surface area contributed by atoms with Crippen molar-refractivity contribution in [2.75, 3.05) is 38.6 Å². The molecular weight excluding hydrogens is 245 g/mol. The van der Waals surface area contributed by atoms with Gasteiger partial charge in [0.05, 0.1) is 12.6 Å². The van der Waals surface area contributed by atoms with Crippen LogP contribution in [0.4, 0.5) is 10.1 Å². The molecule has 5 heteroatoms. The Labute approximate surface area is 113 Å². The van der Waals surface area contributed by atoms with E-state index in [0.717, 1.165) is 25.2 Å². The summed E-state index contributed by atoms with van der Waals surface area (Å²) in [5, 5.41) is 3.11. The molecule has 0 saturated carbocycles. The summed E-state index contributed by atoms with van der Waals surface area (Å²) in [4.78, 5) is 15.8. The van der Waals surface area contributed by atoms with Crippen molar-refractivity contribution in [2.24, 2.45) is 0 Å². The number of carbonyl (C=O) groups excluding carboxylic acids is 1. The molecule has 1 amide bonds. The van der Waals surface area contributed by atoms with Crippen LogP contribution in [-0.4, -0.2) is 50.6 Å². The minimum absolute atomic E-state index is 0.108. The largest absolute Gasteiger partial charge is 0.360 e. The summed E-state index contributed by atoms with van der Waals surface area (Å²) in [5.74, 6) is -0.146. The van der Waals surface area contributed by atoms with Crippen LogP contribution in [0.2, 0.25) is 0 Å². The summed E-state index contributed by atoms with van der Waals surface area (Å²) in [6.45, 7) is 2.02. The first kappa shape index (κ1) is 13.8. The highest BCUT2D eigenvalue weighted by atomic mass is 19.1. The molecule has 2 rings (SSSR count). The van der Waals surface area contributed by atoms with Gasteiger partial charge >= 0.3 is 0 Å². The van der Waals surface area contributed by atoms with Gasteiger partial charge in [-0.2, -0.15) is 0 Å². The van der Waals surface area contributed by atoms with Crippen LogP contribution in [0.15, 0.2) is 24.3 Å². The number of rotatable bonds is 4. The number of nitrogens with one attached hydrogen (secondary N) is 1. The third-order valence-electron chi connectivity index (χ3n) is 3.62. The van der Waals surface area contributed by atoms with Gasteiger partial charge in [-0.3, -0.25) is 4.79 Å². The predicted molar refractivity (Wildman–Crippen MR) is 73.7 cm³/mol. The lowest BCUT2D eigenvalue weighted by atomic mass is 10.1. The molecule has 0 aliphatic carbocycles. The van der Waals surface area contributed by atoms with Crippen LogP contribution in [0.25, 0.3) is 0 Å². The normalized spacial score (nSPS) is 19.9. The maximum absolute atomic E-state index is 12.9. The van der Waals surface area contributed by atoms with E-state index in [1.165, 1.54) is 12.1 Å². The summed E-state index contributed by atoms with van der Waals surface area (Å²) in [6, 6.07) is 6.51. The Hall–Kier alpha value is -1.62. The Kier molecular flexibility index (Phi) is 4.37. The van der Waals surface area contributed by atoms with Crippen LogP contribution >= 0.6 is 0 Å². The SMILES string of the molecule is CNCCC1CN(c2ccc(F)cc2)CC(=O)N1C. The van der Waals surface area contributed by atoms with E-state index in [4.69, 9.17) is 0 Å². The zero-order chi connectivity index (χ0) is 13.8. The third kappa shape index (κ3) is 3.23. The molecule has 1 heterocycles. The fourth-order valence-electron chi connectivity index (χ4n) is 2.36. The monoisotopic (exact) mass is 265 g/mol. The molecule has 1 atom stereocenters. The van der Waals surface area contributed by atoms with Gasteiger partial charge in [-0.1, -0.05) is 0 Å². The molecule has 104 valence electrons. The molecule has 1 N–H and O–H groups in total. The number of carbonyl (C=O) groups is 1. The number of halogens is 1. The van der Waals surface area contributed by atoms with E-state index in [-0.39, 0.29) is 17.8 Å². The van der Waals surface area contributed by atoms with Gasteiger partial charge in [0.1, 0.15) is 5.82 Å². The highest BCUT2D eigenvalue weighted by molar-refractivity contribution is 5.83. The van der Waals surface area contributed by atoms with Crippen LogP contribution < -0.4 is 10.2 Å². The van der Waals surface area contributed by atoms with Crippen molar-refractivity contribution in [1.29, 1.82) is 0 Å². The first-order valence-electron chi connectivity index (χ1n) is 6.52. The van der Waals surface area contributed by atoms with E-state index in [0.29, 0.717) is 6.54 Å². The highest BCUT2D eigenvalue weighted by Gasteiger charge is 2.29. The van der Waals surface area contributed by atoms with Gasteiger partial charge in [0.15, 0.2) is 0 Å². The molecule has 1 aliphatic heterocycles. The average Bonchev–Trinajstić information content (AvgIpc) is 2.41. The fraction of sp³-hybridized carbons (Fsp3) is 0.500. The topological polar surface area (TPSA) is 35.6 Å². The lowest BCUT2D eigenvalue weighted by Crippen LogP contribution is -2.55. The van der Waals surface area contributed by atoms with Crippen molar-refractivity contribution in [1.82, 2.24) is 10.2 Å². The second kappa shape index (κ2) is 6.02. The van der Waals surface area contributed by atoms with E-state index >= 15 is 0 Å². The Morgan fingerprint density at radius 1 is 1.37 bits per heavy atom. The van der Waals surface area contributed by atoms with Gasteiger partial charge in [-0.05, 0) is 44.3 Å². The van der Waals surface area contributed by atoms with Gasteiger partial charge in [0.25, 0.3) is 0 Å². The molecule has 1 saturated heterocycles. The Bertz CT molecular complexity index is 435. The zero-order valence-electron chi connectivity index (χ0n) is 11.4. The smallest absolute Gasteiger partial charge is 0.242 e. The minimum Gasteiger partial charge on any atom is -0.360 e. The minimum atomic E-state index is -0.254. The van der Waals surface area contributed by atoms with Crippen LogP contribution in [0.3, 0.4) is 0 Å². The van der Waals surface area contributed by atoms with Gasteiger partial charge in [0.2, 0.25) is 5.91 Å². The zero-order valence-corrected chi connectivity index (χ0v) is 11.4. The van der Waals surface area contributed by atoms with Gasteiger partial charge in [0, 0.05) is 19.3 Å². The number of anilines is 1. The number of nitrogens with zero attached hydrogens (tertiary/aromatic N) is 2. The van der Waals surface area contributed by atoms with Crippen LogP contribution in [-0.2, 0) is 4.79 Å². The molecule has 0 aromatic heterocycles. The second-order valence-corrected chi connectivity index (χ2v) is 4.91. The predicted octanol–water partition coefficient (Wildman–Crippen LogP) is 1.08. The molecule has 0 bridgehead atoms. The standard InChI is InChI=1S/C14H20FN3O/c1-16-8-7-13-9-18(10-14(19)17(13)2)12-5-3-11(15)4-6-12/h3-6,13,16H,7-10H2,1-2H3. The van der Waals surface area contributed by atoms with Crippen molar-refractivity contribution < 1.29 is 9.18 Å². The fourth-order valence-corrected chi connectivity index (χ4v) is 2.36. The second-order valence-electron chi connectivity index (χ2n) is 4.91. The summed E-state index contributed by atoms with van der Waals surface area (Å²) >= 11 is 0. The van der Waals surface area contributed by atoms with E-state index < -0.39 is 0 Å². The van der Waals surface area contributed by atoms with E-state index in [9.17, 15) is 9.18 Å². The summed E-state index contributed by atoms with van der Waals surface area (Å²) < 4.78 is 12.9. The molecule has 4 nitrogen and oxygen atoms in total. The highest BCUT2D eigenvalue weighted by Crippen LogP contribution is 2.20. The Balaban J connectivity index is 2.09. The first-order chi connectivity index (χ1) is 9.11. The lowest BCUT2D eigenvalue weighted by molar-refractivity contribution is -0.132. The summed E-state index contributed by atoms with van der Waals surface area (Å²) in [6.07, 6.45) is 0.913. The van der Waals surface area contributed by atoms with Gasteiger partial charge in [-0.15, -0.1) is 0 Å². The average molecular weight is 265 g/mol. The van der Waals surface area contributed by atoms with Crippen LogP contribution in [0.5, 0.6) is 0 Å². The van der Waals surface area contributed by atoms with Crippen LogP contribution in [0, 0.1) is 5.82 Å². The first-order valence-corrected chi connectivity index (χ1v) is 6.52. The molecule has 0 radical (unpaired) electrons. The van der Waals surface area contributed by atoms with Crippen molar-refractivity contribution in [3.8, 4) is 0 Å². The number of amides is 1. The third-order valence-corrected chi connectivity index (χ3v) is 3.62. The molecule has 1 aliphatic rings. The van der Waals surface area contributed by atoms with Crippen molar-refractivity contribution in [3.05, 3.63) is 30.1 Å². The molecular formula is C14H20FN3O. The number of hydrogen-bond acceptors (Lipinski definition) is 3. The van der Waals surface area contributed by atoms with Crippen molar-refractivity contribution in [2.45, 2.75) is 12.5 Å². The van der Waals surface area contributed by atoms with Crippen LogP contribution in [0.1, 0.15) is 6.42 Å². The Morgan fingerprint density at radius 3 is 2.68 bits per heavy atom. The number of likely N-dealkylation sites (N-methyl/N-ethyl adjacent to an activating group) is 1.